The lowest BCUT2D eigenvalue weighted by Crippen LogP contribution is -2.16. The summed E-state index contributed by atoms with van der Waals surface area (Å²) in [4.78, 5) is 14.9. The van der Waals surface area contributed by atoms with E-state index in [4.69, 9.17) is 0 Å². The number of halogens is 1. The zero-order chi connectivity index (χ0) is 14.5. The molecule has 0 aliphatic heterocycles. The maximum atomic E-state index is 4.38. The molecule has 0 atom stereocenters. The molecule has 7 heteroatoms. The highest BCUT2D eigenvalue weighted by Gasteiger charge is 2.08. The van der Waals surface area contributed by atoms with Crippen molar-refractivity contribution in [2.24, 2.45) is 0 Å². The Labute approximate surface area is 126 Å². The van der Waals surface area contributed by atoms with Crippen molar-refractivity contribution in [3.63, 3.8) is 0 Å². The van der Waals surface area contributed by atoms with E-state index in [1.54, 1.807) is 0 Å². The summed E-state index contributed by atoms with van der Waals surface area (Å²) in [5, 5.41) is 6.28. The Balaban J connectivity index is 2.30. The Hall–Kier alpha value is -1.89. The SMILES string of the molecule is CCNc1nc(Nc2cccc(Br)c2)nc(N(C)C)n1. The molecule has 0 saturated carbocycles. The highest BCUT2D eigenvalue weighted by Crippen LogP contribution is 2.20. The van der Waals surface area contributed by atoms with Crippen LogP contribution in [0.2, 0.25) is 0 Å². The van der Waals surface area contributed by atoms with Gasteiger partial charge >= 0.3 is 0 Å². The molecule has 0 aliphatic carbocycles. The fourth-order valence-electron chi connectivity index (χ4n) is 1.55. The zero-order valence-corrected chi connectivity index (χ0v) is 13.3. The number of aromatic nitrogens is 3. The van der Waals surface area contributed by atoms with E-state index in [9.17, 15) is 0 Å². The maximum Gasteiger partial charge on any atom is 0.233 e. The van der Waals surface area contributed by atoms with E-state index in [0.29, 0.717) is 17.8 Å². The maximum absolute atomic E-state index is 4.38. The van der Waals surface area contributed by atoms with Crippen LogP contribution < -0.4 is 15.5 Å². The number of hydrogen-bond acceptors (Lipinski definition) is 6. The second-order valence-electron chi connectivity index (χ2n) is 4.34. The van der Waals surface area contributed by atoms with Crippen LogP contribution in [-0.4, -0.2) is 35.6 Å². The van der Waals surface area contributed by atoms with Crippen molar-refractivity contribution < 1.29 is 0 Å². The van der Waals surface area contributed by atoms with E-state index in [2.05, 4.69) is 41.5 Å². The normalized spacial score (nSPS) is 10.2. The van der Waals surface area contributed by atoms with Gasteiger partial charge < -0.3 is 15.5 Å². The van der Waals surface area contributed by atoms with Crippen molar-refractivity contribution in [2.75, 3.05) is 36.2 Å². The van der Waals surface area contributed by atoms with E-state index < -0.39 is 0 Å². The first-order valence-corrected chi connectivity index (χ1v) is 7.07. The van der Waals surface area contributed by atoms with Crippen LogP contribution in [0, 0.1) is 0 Å². The number of anilines is 4. The molecule has 0 spiro atoms. The lowest BCUT2D eigenvalue weighted by Gasteiger charge is -2.13. The third kappa shape index (κ3) is 3.80. The van der Waals surface area contributed by atoms with E-state index in [1.807, 2.05) is 50.2 Å². The summed E-state index contributed by atoms with van der Waals surface area (Å²) in [7, 11) is 3.79. The van der Waals surface area contributed by atoms with Crippen LogP contribution in [0.1, 0.15) is 6.92 Å². The van der Waals surface area contributed by atoms with Crippen LogP contribution >= 0.6 is 15.9 Å². The molecule has 0 bridgehead atoms. The standard InChI is InChI=1S/C13H17BrN6/c1-4-15-11-17-12(19-13(18-11)20(2)3)16-10-7-5-6-9(14)8-10/h5-8H,4H2,1-3H3,(H2,15,16,17,18,19). The minimum Gasteiger partial charge on any atom is -0.354 e. The van der Waals surface area contributed by atoms with Gasteiger partial charge in [0.25, 0.3) is 0 Å². The van der Waals surface area contributed by atoms with Gasteiger partial charge in [-0.05, 0) is 25.1 Å². The van der Waals surface area contributed by atoms with E-state index >= 15 is 0 Å². The minimum atomic E-state index is 0.512. The van der Waals surface area contributed by atoms with Crippen LogP contribution in [-0.2, 0) is 0 Å². The first-order valence-electron chi connectivity index (χ1n) is 6.28. The van der Waals surface area contributed by atoms with Gasteiger partial charge in [-0.25, -0.2) is 0 Å². The summed E-state index contributed by atoms with van der Waals surface area (Å²) in [5.74, 6) is 1.68. The van der Waals surface area contributed by atoms with Gasteiger partial charge in [0.2, 0.25) is 17.8 Å². The smallest absolute Gasteiger partial charge is 0.233 e. The highest BCUT2D eigenvalue weighted by molar-refractivity contribution is 9.10. The van der Waals surface area contributed by atoms with Crippen LogP contribution in [0.15, 0.2) is 28.7 Å². The molecular weight excluding hydrogens is 320 g/mol. The summed E-state index contributed by atoms with van der Waals surface area (Å²) in [6.07, 6.45) is 0. The van der Waals surface area contributed by atoms with Crippen molar-refractivity contribution in [1.82, 2.24) is 15.0 Å². The summed E-state index contributed by atoms with van der Waals surface area (Å²) in [6, 6.07) is 7.84. The molecule has 0 unspecified atom stereocenters. The lowest BCUT2D eigenvalue weighted by molar-refractivity contribution is 0.953. The van der Waals surface area contributed by atoms with Gasteiger partial charge in [-0.15, -0.1) is 0 Å². The molecule has 0 aliphatic rings. The minimum absolute atomic E-state index is 0.512. The van der Waals surface area contributed by atoms with Crippen LogP contribution in [0.3, 0.4) is 0 Å². The molecule has 106 valence electrons. The van der Waals surface area contributed by atoms with Crippen molar-refractivity contribution in [3.05, 3.63) is 28.7 Å². The molecule has 2 aromatic rings. The van der Waals surface area contributed by atoms with Crippen molar-refractivity contribution in [3.8, 4) is 0 Å². The number of hydrogen-bond donors (Lipinski definition) is 2. The molecular formula is C13H17BrN6. The van der Waals surface area contributed by atoms with E-state index in [0.717, 1.165) is 16.7 Å². The third-order valence-corrected chi connectivity index (χ3v) is 2.93. The monoisotopic (exact) mass is 336 g/mol. The topological polar surface area (TPSA) is 66.0 Å². The second-order valence-corrected chi connectivity index (χ2v) is 5.26. The van der Waals surface area contributed by atoms with Gasteiger partial charge in [0.05, 0.1) is 0 Å². The molecule has 0 radical (unpaired) electrons. The molecule has 2 rings (SSSR count). The van der Waals surface area contributed by atoms with Crippen molar-refractivity contribution in [2.45, 2.75) is 6.92 Å². The van der Waals surface area contributed by atoms with Gasteiger partial charge in [-0.2, -0.15) is 15.0 Å². The summed E-state index contributed by atoms with van der Waals surface area (Å²) in [6.45, 7) is 2.76. The molecule has 1 aromatic carbocycles. The number of nitrogens with one attached hydrogen (secondary N) is 2. The molecule has 2 N–H and O–H groups in total. The van der Waals surface area contributed by atoms with Crippen molar-refractivity contribution >= 4 is 39.5 Å². The summed E-state index contributed by atoms with van der Waals surface area (Å²) < 4.78 is 0.997. The Morgan fingerprint density at radius 2 is 1.90 bits per heavy atom. The van der Waals surface area contributed by atoms with Crippen LogP contribution in [0.4, 0.5) is 23.5 Å². The van der Waals surface area contributed by atoms with Gasteiger partial charge in [0.1, 0.15) is 0 Å². The zero-order valence-electron chi connectivity index (χ0n) is 11.7. The van der Waals surface area contributed by atoms with Gasteiger partial charge in [0, 0.05) is 30.8 Å². The molecule has 0 saturated heterocycles. The predicted molar refractivity (Wildman–Crippen MR) is 85.7 cm³/mol. The van der Waals surface area contributed by atoms with Gasteiger partial charge in [0.15, 0.2) is 0 Å². The largest absolute Gasteiger partial charge is 0.354 e. The molecule has 1 heterocycles. The quantitative estimate of drug-likeness (QED) is 0.875. The fourth-order valence-corrected chi connectivity index (χ4v) is 1.95. The fraction of sp³-hybridized carbons (Fsp3) is 0.308. The first kappa shape index (κ1) is 14.5. The first-order chi connectivity index (χ1) is 9.58. The van der Waals surface area contributed by atoms with Gasteiger partial charge in [-0.1, -0.05) is 22.0 Å². The molecule has 0 amide bonds. The Morgan fingerprint density at radius 1 is 1.15 bits per heavy atom. The average Bonchev–Trinajstić information content (AvgIpc) is 2.38. The van der Waals surface area contributed by atoms with E-state index in [-0.39, 0.29) is 0 Å². The average molecular weight is 337 g/mol. The molecule has 6 nitrogen and oxygen atoms in total. The highest BCUT2D eigenvalue weighted by atomic mass is 79.9. The molecule has 1 aromatic heterocycles. The van der Waals surface area contributed by atoms with Crippen molar-refractivity contribution in [1.29, 1.82) is 0 Å². The predicted octanol–water partition coefficient (Wildman–Crippen LogP) is 2.88. The molecule has 0 fully saturated rings. The Morgan fingerprint density at radius 3 is 2.55 bits per heavy atom. The van der Waals surface area contributed by atoms with Crippen LogP contribution in [0.5, 0.6) is 0 Å². The lowest BCUT2D eigenvalue weighted by atomic mass is 10.3. The molecule has 20 heavy (non-hydrogen) atoms. The Bertz CT molecular complexity index is 587. The summed E-state index contributed by atoms with van der Waals surface area (Å²) in [5.41, 5.74) is 0.915. The third-order valence-electron chi connectivity index (χ3n) is 2.44. The summed E-state index contributed by atoms with van der Waals surface area (Å²) >= 11 is 3.44. The number of benzene rings is 1. The van der Waals surface area contributed by atoms with E-state index in [1.165, 1.54) is 0 Å². The Kier molecular flexibility index (Phi) is 4.73. The second kappa shape index (κ2) is 6.51. The van der Waals surface area contributed by atoms with Crippen LogP contribution in [0.25, 0.3) is 0 Å². The number of rotatable bonds is 5. The van der Waals surface area contributed by atoms with Gasteiger partial charge in [-0.3, -0.25) is 0 Å². The number of nitrogens with zero attached hydrogens (tertiary/aromatic N) is 4.